The third-order valence-electron chi connectivity index (χ3n) is 1.79. The number of halogens is 2. The van der Waals surface area contributed by atoms with Gasteiger partial charge < -0.3 is 4.90 Å². The van der Waals surface area contributed by atoms with Crippen LogP contribution in [0.2, 0.25) is 0 Å². The normalized spacial score (nSPS) is 17.9. The number of nitrogens with zero attached hydrogens (tertiary/aromatic N) is 1. The van der Waals surface area contributed by atoms with Crippen molar-refractivity contribution in [1.82, 2.24) is 4.90 Å². The highest BCUT2D eigenvalue weighted by Gasteiger charge is 2.20. The van der Waals surface area contributed by atoms with E-state index in [1.165, 1.54) is 4.90 Å². The van der Waals surface area contributed by atoms with Crippen molar-refractivity contribution in [3.8, 4) is 0 Å². The van der Waals surface area contributed by atoms with E-state index in [2.05, 4.69) is 0 Å². The lowest BCUT2D eigenvalue weighted by molar-refractivity contribution is -0.132. The molecule has 0 saturated carbocycles. The van der Waals surface area contributed by atoms with Crippen molar-refractivity contribution >= 4 is 5.91 Å². The summed E-state index contributed by atoms with van der Waals surface area (Å²) in [6, 6.07) is 0. The van der Waals surface area contributed by atoms with Crippen molar-refractivity contribution in [2.75, 3.05) is 13.1 Å². The Morgan fingerprint density at radius 3 is 2.36 bits per heavy atom. The Morgan fingerprint density at radius 2 is 1.91 bits per heavy atom. The summed E-state index contributed by atoms with van der Waals surface area (Å²) < 4.78 is 23.4. The van der Waals surface area contributed by atoms with E-state index in [0.29, 0.717) is 13.1 Å². The molecule has 0 aromatic carbocycles. The molecule has 0 bridgehead atoms. The summed E-state index contributed by atoms with van der Waals surface area (Å²) in [5.74, 6) is -0.405. The lowest BCUT2D eigenvalue weighted by Gasteiger charge is -2.14. The van der Waals surface area contributed by atoms with Crippen LogP contribution >= 0.6 is 0 Å². The van der Waals surface area contributed by atoms with Gasteiger partial charge in [-0.1, -0.05) is 0 Å². The maximum absolute atomic E-state index is 11.7. The number of hydrogen-bond donors (Lipinski definition) is 0. The molecule has 0 unspecified atom stereocenters. The molecule has 1 amide bonds. The molecule has 1 rings (SSSR count). The summed E-state index contributed by atoms with van der Waals surface area (Å²) in [5.41, 5.74) is 0. The van der Waals surface area contributed by atoms with Crippen molar-refractivity contribution in [3.63, 3.8) is 0 Å². The number of rotatable bonds is 2. The zero-order chi connectivity index (χ0) is 8.27. The Bertz CT molecular complexity index is 143. The van der Waals surface area contributed by atoms with Gasteiger partial charge in [0.1, 0.15) is 0 Å². The van der Waals surface area contributed by atoms with Crippen LogP contribution in [0.4, 0.5) is 8.78 Å². The van der Waals surface area contributed by atoms with Crippen LogP contribution in [-0.2, 0) is 4.79 Å². The quantitative estimate of drug-likeness (QED) is 0.600. The maximum atomic E-state index is 11.7. The van der Waals surface area contributed by atoms with Gasteiger partial charge in [-0.15, -0.1) is 0 Å². The molecular weight excluding hydrogens is 152 g/mol. The van der Waals surface area contributed by atoms with Gasteiger partial charge in [0.05, 0.1) is 6.42 Å². The second-order valence-corrected chi connectivity index (χ2v) is 2.68. The summed E-state index contributed by atoms with van der Waals surface area (Å²) >= 11 is 0. The summed E-state index contributed by atoms with van der Waals surface area (Å²) in [6.45, 7) is 1.32. The topological polar surface area (TPSA) is 20.3 Å². The fourth-order valence-electron chi connectivity index (χ4n) is 1.23. The van der Waals surface area contributed by atoms with E-state index in [9.17, 15) is 13.6 Å². The number of carbonyl (C=O) groups is 1. The van der Waals surface area contributed by atoms with Gasteiger partial charge in [-0.25, -0.2) is 8.78 Å². The van der Waals surface area contributed by atoms with Crippen molar-refractivity contribution < 1.29 is 13.6 Å². The molecule has 0 aliphatic carbocycles. The molecule has 1 aliphatic heterocycles. The minimum absolute atomic E-state index is 0.405. The molecule has 0 radical (unpaired) electrons. The summed E-state index contributed by atoms with van der Waals surface area (Å²) in [6.07, 6.45) is -1.20. The maximum Gasteiger partial charge on any atom is 0.247 e. The number of carbonyl (C=O) groups excluding carboxylic acids is 1. The molecule has 1 heterocycles. The van der Waals surface area contributed by atoms with Gasteiger partial charge in [0.25, 0.3) is 0 Å². The van der Waals surface area contributed by atoms with Crippen LogP contribution in [0, 0.1) is 0 Å². The Hall–Kier alpha value is -0.670. The first-order valence-corrected chi connectivity index (χ1v) is 3.76. The summed E-state index contributed by atoms with van der Waals surface area (Å²) in [7, 11) is 0. The lowest BCUT2D eigenvalue weighted by atomic mass is 10.4. The predicted molar refractivity (Wildman–Crippen MR) is 36.4 cm³/mol. The highest BCUT2D eigenvalue weighted by Crippen LogP contribution is 2.11. The molecule has 0 N–H and O–H groups in total. The zero-order valence-electron chi connectivity index (χ0n) is 6.22. The van der Waals surface area contributed by atoms with Crippen LogP contribution in [-0.4, -0.2) is 30.3 Å². The molecule has 2 nitrogen and oxygen atoms in total. The smallest absolute Gasteiger partial charge is 0.247 e. The van der Waals surface area contributed by atoms with E-state index in [1.54, 1.807) is 0 Å². The van der Waals surface area contributed by atoms with E-state index in [-0.39, 0.29) is 0 Å². The summed E-state index contributed by atoms with van der Waals surface area (Å²) in [5, 5.41) is 0. The minimum atomic E-state index is -2.50. The Balaban J connectivity index is 2.28. The van der Waals surface area contributed by atoms with E-state index < -0.39 is 18.8 Å². The molecule has 1 aliphatic rings. The molecular formula is C7H11F2NO. The van der Waals surface area contributed by atoms with Gasteiger partial charge in [-0.05, 0) is 12.8 Å². The van der Waals surface area contributed by atoms with Gasteiger partial charge in [-0.3, -0.25) is 4.79 Å². The van der Waals surface area contributed by atoms with Gasteiger partial charge in [0.15, 0.2) is 0 Å². The average Bonchev–Trinajstić information content (AvgIpc) is 2.35. The molecule has 0 aromatic rings. The van der Waals surface area contributed by atoms with Crippen molar-refractivity contribution in [2.24, 2.45) is 0 Å². The van der Waals surface area contributed by atoms with Crippen LogP contribution in [0.5, 0.6) is 0 Å². The molecule has 0 atom stereocenters. The molecule has 0 aromatic heterocycles. The van der Waals surface area contributed by atoms with Crippen molar-refractivity contribution in [1.29, 1.82) is 0 Å². The van der Waals surface area contributed by atoms with Crippen molar-refractivity contribution in [3.05, 3.63) is 0 Å². The number of likely N-dealkylation sites (tertiary alicyclic amines) is 1. The Morgan fingerprint density at radius 1 is 1.36 bits per heavy atom. The van der Waals surface area contributed by atoms with Crippen LogP contribution < -0.4 is 0 Å². The van der Waals surface area contributed by atoms with Crippen LogP contribution in [0.1, 0.15) is 19.3 Å². The fourth-order valence-corrected chi connectivity index (χ4v) is 1.23. The summed E-state index contributed by atoms with van der Waals surface area (Å²) in [4.78, 5) is 12.4. The first-order chi connectivity index (χ1) is 5.20. The first kappa shape index (κ1) is 8.43. The van der Waals surface area contributed by atoms with E-state index in [4.69, 9.17) is 0 Å². The molecule has 0 spiro atoms. The number of amides is 1. The van der Waals surface area contributed by atoms with Gasteiger partial charge in [0, 0.05) is 13.1 Å². The third kappa shape index (κ3) is 2.44. The highest BCUT2D eigenvalue weighted by atomic mass is 19.3. The van der Waals surface area contributed by atoms with Gasteiger partial charge in [-0.2, -0.15) is 0 Å². The van der Waals surface area contributed by atoms with Gasteiger partial charge >= 0.3 is 0 Å². The molecule has 1 saturated heterocycles. The van der Waals surface area contributed by atoms with Crippen molar-refractivity contribution in [2.45, 2.75) is 25.7 Å². The second-order valence-electron chi connectivity index (χ2n) is 2.68. The number of alkyl halides is 2. The average molecular weight is 163 g/mol. The Labute approximate surface area is 64.2 Å². The van der Waals surface area contributed by atoms with Gasteiger partial charge in [0.2, 0.25) is 12.3 Å². The van der Waals surface area contributed by atoms with Crippen LogP contribution in [0.25, 0.3) is 0 Å². The minimum Gasteiger partial charge on any atom is -0.343 e. The SMILES string of the molecule is O=C(CC(F)F)N1CCCC1. The molecule has 1 fully saturated rings. The highest BCUT2D eigenvalue weighted by molar-refractivity contribution is 5.76. The standard InChI is InChI=1S/C7H11F2NO/c8-6(9)5-7(11)10-3-1-2-4-10/h6H,1-5H2. The fraction of sp³-hybridized carbons (Fsp3) is 0.857. The zero-order valence-corrected chi connectivity index (χ0v) is 6.22. The van der Waals surface area contributed by atoms with Crippen LogP contribution in [0.15, 0.2) is 0 Å². The predicted octanol–water partition coefficient (Wildman–Crippen LogP) is 1.26. The third-order valence-corrected chi connectivity index (χ3v) is 1.79. The monoisotopic (exact) mass is 163 g/mol. The lowest BCUT2D eigenvalue weighted by Crippen LogP contribution is -2.28. The Kier molecular flexibility index (Phi) is 2.79. The van der Waals surface area contributed by atoms with Crippen LogP contribution in [0.3, 0.4) is 0 Å². The van der Waals surface area contributed by atoms with E-state index >= 15 is 0 Å². The molecule has 4 heteroatoms. The molecule has 64 valence electrons. The second kappa shape index (κ2) is 3.64. The largest absolute Gasteiger partial charge is 0.343 e. The van der Waals surface area contributed by atoms with E-state index in [0.717, 1.165) is 12.8 Å². The number of hydrogen-bond acceptors (Lipinski definition) is 1. The first-order valence-electron chi connectivity index (χ1n) is 3.76. The van der Waals surface area contributed by atoms with E-state index in [1.807, 2.05) is 0 Å². The molecule has 11 heavy (non-hydrogen) atoms.